The predicted molar refractivity (Wildman–Crippen MR) is 77.0 cm³/mol. The number of methoxy groups -OCH3 is 3. The van der Waals surface area contributed by atoms with Gasteiger partial charge in [0.15, 0.2) is 6.23 Å². The van der Waals surface area contributed by atoms with Crippen LogP contribution in [-0.2, 0) is 14.2 Å². The van der Waals surface area contributed by atoms with Crippen LogP contribution in [0, 0.1) is 0 Å². The molecule has 0 aliphatic rings. The van der Waals surface area contributed by atoms with Crippen LogP contribution in [0.4, 0.5) is 5.82 Å². The Balaban J connectivity index is 3.24. The zero-order chi connectivity index (χ0) is 16.2. The van der Waals surface area contributed by atoms with Gasteiger partial charge in [-0.05, 0) is 6.07 Å². The maximum absolute atomic E-state index is 11.9. The zero-order valence-electron chi connectivity index (χ0n) is 12.1. The molecule has 0 spiro atoms. The molecule has 0 aliphatic carbocycles. The molecule has 3 N–H and O–H groups in total. The lowest BCUT2D eigenvalue weighted by atomic mass is 9.60. The molecule has 0 amide bonds. The molecule has 112 valence electrons. The maximum atomic E-state index is 11.9. The van der Waals surface area contributed by atoms with Crippen LogP contribution >= 0.6 is 0 Å². The van der Waals surface area contributed by atoms with Gasteiger partial charge in [0.25, 0.3) is 0 Å². The molecule has 0 saturated carbocycles. The van der Waals surface area contributed by atoms with Crippen LogP contribution in [0.25, 0.3) is 0 Å². The van der Waals surface area contributed by atoms with E-state index in [9.17, 15) is 9.90 Å². The van der Waals surface area contributed by atoms with E-state index >= 15 is 0 Å². The average Bonchev–Trinajstić information content (AvgIpc) is 2.38. The Hall–Kier alpha value is -1.35. The Morgan fingerprint density at radius 1 is 1.33 bits per heavy atom. The summed E-state index contributed by atoms with van der Waals surface area (Å²) in [6, 6.07) is 1.42. The molecule has 10 heteroatoms. The molecule has 3 atom stereocenters. The van der Waals surface area contributed by atoms with E-state index in [1.807, 2.05) is 0 Å². The second kappa shape index (κ2) is 7.08. The molecule has 1 aromatic heterocycles. The monoisotopic (exact) mass is 293 g/mol. The van der Waals surface area contributed by atoms with Gasteiger partial charge in [-0.3, -0.25) is 4.57 Å². The first kappa shape index (κ1) is 17.7. The Bertz CT molecular complexity index is 519. The molecule has 0 bridgehead atoms. The summed E-state index contributed by atoms with van der Waals surface area (Å²) in [4.78, 5) is 15.5. The van der Waals surface area contributed by atoms with Crippen LogP contribution in [0.2, 0.25) is 0 Å². The zero-order valence-corrected chi connectivity index (χ0v) is 12.1. The molecule has 0 aliphatic heterocycles. The Labute approximate surface area is 125 Å². The largest absolute Gasteiger partial charge is 0.406 e. The van der Waals surface area contributed by atoms with Gasteiger partial charge in [-0.25, -0.2) is 4.79 Å². The number of hydrogen-bond acceptors (Lipinski definition) is 7. The third kappa shape index (κ3) is 4.07. The van der Waals surface area contributed by atoms with Gasteiger partial charge in [0.05, 0.1) is 6.10 Å². The highest BCUT2D eigenvalue weighted by molar-refractivity contribution is 6.39. The van der Waals surface area contributed by atoms with E-state index in [0.29, 0.717) is 0 Å². The standard InChI is InChI=1S/C11H17B2N3O5/c1-19-7(8(20-2)11(12,13)18)9(21-3)16-5-4-6(14)15-10(16)17/h4-5,7-9,18H,1-3H3,(H2,14,15,17)/t7-,8?,9-/m1/s1. The van der Waals surface area contributed by atoms with Gasteiger partial charge in [-0.1, -0.05) is 0 Å². The summed E-state index contributed by atoms with van der Waals surface area (Å²) in [5, 5.41) is 7.56. The molecule has 4 radical (unpaired) electrons. The van der Waals surface area contributed by atoms with E-state index in [-0.39, 0.29) is 5.82 Å². The van der Waals surface area contributed by atoms with E-state index in [2.05, 4.69) is 4.98 Å². The highest BCUT2D eigenvalue weighted by Gasteiger charge is 2.39. The maximum Gasteiger partial charge on any atom is 0.351 e. The lowest BCUT2D eigenvalue weighted by Gasteiger charge is -2.38. The van der Waals surface area contributed by atoms with E-state index in [1.165, 1.54) is 33.6 Å². The molecule has 0 saturated heterocycles. The first-order valence-electron chi connectivity index (χ1n) is 5.99. The fourth-order valence-corrected chi connectivity index (χ4v) is 2.00. The van der Waals surface area contributed by atoms with E-state index < -0.39 is 29.5 Å². The van der Waals surface area contributed by atoms with Crippen molar-refractivity contribution in [2.75, 3.05) is 27.1 Å². The average molecular weight is 293 g/mol. The number of ether oxygens (including phenoxy) is 3. The number of nitrogens with zero attached hydrogens (tertiary/aromatic N) is 2. The van der Waals surface area contributed by atoms with Crippen LogP contribution in [0.1, 0.15) is 6.23 Å². The molecule has 1 rings (SSSR count). The molecule has 1 heterocycles. The van der Waals surface area contributed by atoms with Crippen LogP contribution in [-0.4, -0.2) is 69.3 Å². The van der Waals surface area contributed by atoms with E-state index in [0.717, 1.165) is 4.57 Å². The summed E-state index contributed by atoms with van der Waals surface area (Å²) >= 11 is 0. The smallest absolute Gasteiger partial charge is 0.351 e. The molecule has 0 fully saturated rings. The summed E-state index contributed by atoms with van der Waals surface area (Å²) in [5.41, 5.74) is 4.78. The normalized spacial score (nSPS) is 16.4. The van der Waals surface area contributed by atoms with Gasteiger partial charge in [-0.15, -0.1) is 0 Å². The molecular formula is C11H17B2N3O5. The van der Waals surface area contributed by atoms with Crippen molar-refractivity contribution in [3.05, 3.63) is 22.7 Å². The quantitative estimate of drug-likeness (QED) is 0.559. The highest BCUT2D eigenvalue weighted by atomic mass is 16.6. The van der Waals surface area contributed by atoms with Crippen molar-refractivity contribution in [3.63, 3.8) is 0 Å². The van der Waals surface area contributed by atoms with Crippen LogP contribution in [0.5, 0.6) is 0 Å². The van der Waals surface area contributed by atoms with Crippen molar-refractivity contribution in [2.24, 2.45) is 0 Å². The second-order valence-corrected chi connectivity index (χ2v) is 4.41. The highest BCUT2D eigenvalue weighted by Crippen LogP contribution is 2.23. The minimum atomic E-state index is -2.20. The van der Waals surface area contributed by atoms with Crippen molar-refractivity contribution in [1.29, 1.82) is 0 Å². The summed E-state index contributed by atoms with van der Waals surface area (Å²) in [7, 11) is 14.9. The Morgan fingerprint density at radius 2 is 1.95 bits per heavy atom. The number of anilines is 1. The topological polar surface area (TPSA) is 109 Å². The van der Waals surface area contributed by atoms with E-state index in [1.54, 1.807) is 0 Å². The SMILES string of the molecule is [B]C([B])(O)C(OC)[C@@H](OC)[C@@H](OC)n1ccc(N)nc1=O. The van der Waals surface area contributed by atoms with Crippen molar-refractivity contribution in [2.45, 2.75) is 23.8 Å². The van der Waals surface area contributed by atoms with Crippen LogP contribution in [0.15, 0.2) is 17.1 Å². The lowest BCUT2D eigenvalue weighted by molar-refractivity contribution is -0.159. The van der Waals surface area contributed by atoms with Crippen LogP contribution in [0.3, 0.4) is 0 Å². The van der Waals surface area contributed by atoms with Crippen LogP contribution < -0.4 is 11.4 Å². The fraction of sp³-hybridized carbons (Fsp3) is 0.636. The van der Waals surface area contributed by atoms with Crippen molar-refractivity contribution >= 4 is 21.5 Å². The van der Waals surface area contributed by atoms with Crippen molar-refractivity contribution in [1.82, 2.24) is 9.55 Å². The van der Waals surface area contributed by atoms with Crippen molar-refractivity contribution < 1.29 is 19.3 Å². The van der Waals surface area contributed by atoms with Gasteiger partial charge in [-0.2, -0.15) is 4.98 Å². The Kier molecular flexibility index (Phi) is 5.97. The fourth-order valence-electron chi connectivity index (χ4n) is 2.00. The molecular weight excluding hydrogens is 276 g/mol. The minimum Gasteiger partial charge on any atom is -0.406 e. The molecule has 8 nitrogen and oxygen atoms in total. The third-order valence-corrected chi connectivity index (χ3v) is 2.93. The summed E-state index contributed by atoms with van der Waals surface area (Å²) < 4.78 is 16.7. The van der Waals surface area contributed by atoms with E-state index in [4.69, 9.17) is 35.6 Å². The predicted octanol–water partition coefficient (Wildman–Crippen LogP) is -2.02. The molecule has 1 aromatic rings. The first-order valence-corrected chi connectivity index (χ1v) is 5.99. The number of nitrogen functional groups attached to an aromatic ring is 1. The number of aromatic nitrogens is 2. The molecule has 0 aromatic carbocycles. The first-order chi connectivity index (χ1) is 9.76. The summed E-state index contributed by atoms with van der Waals surface area (Å²) in [6.07, 6.45) is -1.76. The lowest BCUT2D eigenvalue weighted by Crippen LogP contribution is -2.55. The Morgan fingerprint density at radius 3 is 2.33 bits per heavy atom. The second-order valence-electron chi connectivity index (χ2n) is 4.41. The summed E-state index contributed by atoms with van der Waals surface area (Å²) in [6.45, 7) is 0. The minimum absolute atomic E-state index is 0.0671. The number of hydrogen-bond donors (Lipinski definition) is 2. The molecule has 1 unspecified atom stereocenters. The number of aliphatic hydroxyl groups is 1. The van der Waals surface area contributed by atoms with Gasteiger partial charge in [0, 0.05) is 32.9 Å². The number of nitrogens with two attached hydrogens (primary N) is 1. The van der Waals surface area contributed by atoms with Gasteiger partial charge in [0.2, 0.25) is 0 Å². The van der Waals surface area contributed by atoms with Gasteiger partial charge in [0.1, 0.15) is 27.6 Å². The van der Waals surface area contributed by atoms with Gasteiger partial charge >= 0.3 is 5.69 Å². The molecule has 21 heavy (non-hydrogen) atoms. The van der Waals surface area contributed by atoms with Gasteiger partial charge < -0.3 is 25.1 Å². The number of rotatable bonds is 7. The van der Waals surface area contributed by atoms with Crippen molar-refractivity contribution in [3.8, 4) is 0 Å². The summed E-state index contributed by atoms with van der Waals surface area (Å²) in [5.74, 6) is 0.0671. The third-order valence-electron chi connectivity index (χ3n) is 2.93.